The highest BCUT2D eigenvalue weighted by atomic mass is 16.6. The Kier molecular flexibility index (Phi) is 2.91. The van der Waals surface area contributed by atoms with Gasteiger partial charge in [-0.05, 0) is 24.8 Å². The quantitative estimate of drug-likeness (QED) is 0.386. The molecule has 2 aliphatic heterocycles. The van der Waals surface area contributed by atoms with Gasteiger partial charge in [-0.25, -0.2) is 0 Å². The van der Waals surface area contributed by atoms with Crippen molar-refractivity contribution < 1.29 is 9.47 Å². The van der Waals surface area contributed by atoms with Crippen molar-refractivity contribution in [2.45, 2.75) is 37.4 Å². The van der Waals surface area contributed by atoms with E-state index in [9.17, 15) is 0 Å². The molecule has 0 N–H and O–H groups in total. The van der Waals surface area contributed by atoms with Gasteiger partial charge >= 0.3 is 0 Å². The molecular formula is C9H15N3O2. The molecule has 2 aliphatic rings. The van der Waals surface area contributed by atoms with Crippen LogP contribution in [0.15, 0.2) is 5.11 Å². The maximum Gasteiger partial charge on any atom is 0.0940 e. The molecule has 0 aromatic rings. The predicted molar refractivity (Wildman–Crippen MR) is 50.9 cm³/mol. The van der Waals surface area contributed by atoms with Crippen LogP contribution in [0.2, 0.25) is 0 Å². The van der Waals surface area contributed by atoms with E-state index in [1.807, 2.05) is 0 Å². The molecule has 2 rings (SSSR count). The first-order valence-electron chi connectivity index (χ1n) is 5.11. The molecule has 0 bridgehead atoms. The van der Waals surface area contributed by atoms with E-state index in [2.05, 4.69) is 10.0 Å². The SMILES string of the molecule is [N-]=[N+]=NCC1CCCC2(CCOC2)O1. The Labute approximate surface area is 83.0 Å². The fourth-order valence-corrected chi connectivity index (χ4v) is 2.26. The number of nitrogens with zero attached hydrogens (tertiary/aromatic N) is 3. The third-order valence-electron chi connectivity index (χ3n) is 2.99. The van der Waals surface area contributed by atoms with E-state index in [-0.39, 0.29) is 11.7 Å². The van der Waals surface area contributed by atoms with Crippen molar-refractivity contribution in [3.63, 3.8) is 0 Å². The molecule has 2 fully saturated rings. The second kappa shape index (κ2) is 4.17. The molecule has 0 aromatic carbocycles. The summed E-state index contributed by atoms with van der Waals surface area (Å²) in [6.07, 6.45) is 4.32. The number of rotatable bonds is 2. The first-order valence-corrected chi connectivity index (χ1v) is 5.11. The zero-order valence-corrected chi connectivity index (χ0v) is 8.19. The van der Waals surface area contributed by atoms with E-state index >= 15 is 0 Å². The van der Waals surface area contributed by atoms with E-state index in [1.165, 1.54) is 0 Å². The fourth-order valence-electron chi connectivity index (χ4n) is 2.26. The van der Waals surface area contributed by atoms with Crippen molar-refractivity contribution in [2.75, 3.05) is 19.8 Å². The molecule has 0 saturated carbocycles. The third kappa shape index (κ3) is 2.00. The summed E-state index contributed by atoms with van der Waals surface area (Å²) >= 11 is 0. The van der Waals surface area contributed by atoms with E-state index in [0.29, 0.717) is 13.2 Å². The average molecular weight is 197 g/mol. The largest absolute Gasteiger partial charge is 0.378 e. The van der Waals surface area contributed by atoms with Gasteiger partial charge in [0.25, 0.3) is 0 Å². The first-order chi connectivity index (χ1) is 6.85. The summed E-state index contributed by atoms with van der Waals surface area (Å²) in [6.45, 7) is 1.96. The highest BCUT2D eigenvalue weighted by Gasteiger charge is 2.40. The Morgan fingerprint density at radius 2 is 2.43 bits per heavy atom. The molecular weight excluding hydrogens is 182 g/mol. The van der Waals surface area contributed by atoms with Crippen molar-refractivity contribution in [3.05, 3.63) is 10.4 Å². The van der Waals surface area contributed by atoms with Crippen LogP contribution in [-0.2, 0) is 9.47 Å². The van der Waals surface area contributed by atoms with Gasteiger partial charge in [-0.1, -0.05) is 5.11 Å². The average Bonchev–Trinajstić information content (AvgIpc) is 2.63. The molecule has 2 saturated heterocycles. The third-order valence-corrected chi connectivity index (χ3v) is 2.99. The Hall–Kier alpha value is -0.770. The van der Waals surface area contributed by atoms with Gasteiger partial charge < -0.3 is 9.47 Å². The molecule has 0 aromatic heterocycles. The van der Waals surface area contributed by atoms with E-state index in [0.717, 1.165) is 32.3 Å². The van der Waals surface area contributed by atoms with Crippen LogP contribution in [-0.4, -0.2) is 31.5 Å². The monoisotopic (exact) mass is 197 g/mol. The molecule has 0 radical (unpaired) electrons. The van der Waals surface area contributed by atoms with Gasteiger partial charge in [0.05, 0.1) is 24.9 Å². The highest BCUT2D eigenvalue weighted by Crippen LogP contribution is 2.35. The molecule has 78 valence electrons. The molecule has 5 heteroatoms. The molecule has 2 heterocycles. The van der Waals surface area contributed by atoms with Gasteiger partial charge in [0.1, 0.15) is 0 Å². The molecule has 5 nitrogen and oxygen atoms in total. The van der Waals surface area contributed by atoms with Gasteiger partial charge in [-0.3, -0.25) is 0 Å². The summed E-state index contributed by atoms with van der Waals surface area (Å²) in [6, 6.07) is 0. The first kappa shape index (κ1) is 9.77. The summed E-state index contributed by atoms with van der Waals surface area (Å²) in [5, 5.41) is 3.56. The Morgan fingerprint density at radius 3 is 3.14 bits per heavy atom. The Bertz CT molecular complexity index is 244. The van der Waals surface area contributed by atoms with E-state index in [4.69, 9.17) is 15.0 Å². The maximum absolute atomic E-state index is 8.23. The molecule has 14 heavy (non-hydrogen) atoms. The smallest absolute Gasteiger partial charge is 0.0940 e. The minimum absolute atomic E-state index is 0.0616. The summed E-state index contributed by atoms with van der Waals surface area (Å²) in [5.74, 6) is 0. The molecule has 1 spiro atoms. The van der Waals surface area contributed by atoms with Gasteiger partial charge in [0.2, 0.25) is 0 Å². The van der Waals surface area contributed by atoms with Crippen LogP contribution in [0.3, 0.4) is 0 Å². The van der Waals surface area contributed by atoms with Crippen LogP contribution in [0.4, 0.5) is 0 Å². The summed E-state index contributed by atoms with van der Waals surface area (Å²) in [5.41, 5.74) is 8.17. The lowest BCUT2D eigenvalue weighted by atomic mass is 9.91. The zero-order valence-electron chi connectivity index (χ0n) is 8.19. The fraction of sp³-hybridized carbons (Fsp3) is 1.00. The second-order valence-corrected chi connectivity index (χ2v) is 4.03. The number of azide groups is 1. The summed E-state index contributed by atoms with van der Waals surface area (Å²) in [7, 11) is 0. The summed E-state index contributed by atoms with van der Waals surface area (Å²) < 4.78 is 11.3. The van der Waals surface area contributed by atoms with Crippen LogP contribution in [0, 0.1) is 0 Å². The molecule has 0 amide bonds. The van der Waals surface area contributed by atoms with Crippen molar-refractivity contribution in [1.29, 1.82) is 0 Å². The standard InChI is InChI=1S/C9H15N3O2/c10-12-11-6-8-2-1-3-9(14-8)4-5-13-7-9/h8H,1-7H2. The van der Waals surface area contributed by atoms with Crippen LogP contribution in [0.25, 0.3) is 10.4 Å². The number of hydrogen-bond donors (Lipinski definition) is 0. The normalized spacial score (nSPS) is 37.0. The Balaban J connectivity index is 1.92. The van der Waals surface area contributed by atoms with E-state index in [1.54, 1.807) is 0 Å². The van der Waals surface area contributed by atoms with Gasteiger partial charge in [0.15, 0.2) is 0 Å². The van der Waals surface area contributed by atoms with Crippen LogP contribution < -0.4 is 0 Å². The van der Waals surface area contributed by atoms with Crippen molar-refractivity contribution in [2.24, 2.45) is 5.11 Å². The van der Waals surface area contributed by atoms with E-state index < -0.39 is 0 Å². The lowest BCUT2D eigenvalue weighted by molar-refractivity contribution is -0.123. The van der Waals surface area contributed by atoms with Crippen LogP contribution in [0.5, 0.6) is 0 Å². The van der Waals surface area contributed by atoms with Crippen molar-refractivity contribution in [3.8, 4) is 0 Å². The second-order valence-electron chi connectivity index (χ2n) is 4.03. The number of ether oxygens (including phenoxy) is 2. The highest BCUT2D eigenvalue weighted by molar-refractivity contribution is 4.90. The lowest BCUT2D eigenvalue weighted by Crippen LogP contribution is -2.42. The minimum Gasteiger partial charge on any atom is -0.378 e. The minimum atomic E-state index is -0.0616. The van der Waals surface area contributed by atoms with Gasteiger partial charge in [0, 0.05) is 17.9 Å². The zero-order chi connectivity index (χ0) is 9.86. The van der Waals surface area contributed by atoms with Crippen LogP contribution >= 0.6 is 0 Å². The lowest BCUT2D eigenvalue weighted by Gasteiger charge is -2.37. The topological polar surface area (TPSA) is 67.2 Å². The summed E-state index contributed by atoms with van der Waals surface area (Å²) in [4.78, 5) is 2.76. The molecule has 0 aliphatic carbocycles. The maximum atomic E-state index is 8.23. The van der Waals surface area contributed by atoms with Crippen molar-refractivity contribution >= 4 is 0 Å². The molecule has 2 unspecified atom stereocenters. The Morgan fingerprint density at radius 1 is 1.50 bits per heavy atom. The number of hydrogen-bond acceptors (Lipinski definition) is 3. The van der Waals surface area contributed by atoms with Crippen molar-refractivity contribution in [1.82, 2.24) is 0 Å². The van der Waals surface area contributed by atoms with Crippen LogP contribution in [0.1, 0.15) is 25.7 Å². The van der Waals surface area contributed by atoms with Gasteiger partial charge in [-0.15, -0.1) is 0 Å². The van der Waals surface area contributed by atoms with Gasteiger partial charge in [-0.2, -0.15) is 0 Å². The predicted octanol–water partition coefficient (Wildman–Crippen LogP) is 2.02. The molecule has 2 atom stereocenters.